The summed E-state index contributed by atoms with van der Waals surface area (Å²) in [5, 5.41) is 7.02. The molecule has 0 aliphatic rings. The van der Waals surface area contributed by atoms with Crippen molar-refractivity contribution in [3.05, 3.63) is 33.2 Å². The number of nitrogens with one attached hydrogen (secondary N) is 2. The molecule has 110 valence electrons. The molecular weight excluding hydrogens is 364 g/mol. The maximum Gasteiger partial charge on any atom is 0.242 e. The number of halogens is 1. The Kier molecular flexibility index (Phi) is 5.33. The normalized spacial score (nSPS) is 11.9. The molecule has 0 aliphatic carbocycles. The van der Waals surface area contributed by atoms with Crippen LogP contribution in [0.2, 0.25) is 0 Å². The average molecular weight is 379 g/mol. The summed E-state index contributed by atoms with van der Waals surface area (Å²) in [6.45, 7) is 1.44. The zero-order valence-electron chi connectivity index (χ0n) is 10.8. The number of nitrogens with zero attached hydrogens (tertiary/aromatic N) is 2. The van der Waals surface area contributed by atoms with Gasteiger partial charge in [0.15, 0.2) is 0 Å². The Labute approximate surface area is 130 Å². The van der Waals surface area contributed by atoms with Crippen LogP contribution in [0.1, 0.15) is 4.88 Å². The standard InChI is InChI=1S/C11H15BrN4O2S2/c1-13-8-9-7-10(11(12)19-9)20(17,18)15-4-6-16-5-2-3-14-16/h2-3,5,7,13,15H,4,6,8H2,1H3. The smallest absolute Gasteiger partial charge is 0.242 e. The second kappa shape index (κ2) is 6.81. The van der Waals surface area contributed by atoms with E-state index in [0.29, 0.717) is 23.4 Å². The number of hydrogen-bond acceptors (Lipinski definition) is 5. The maximum atomic E-state index is 12.2. The minimum absolute atomic E-state index is 0.285. The minimum Gasteiger partial charge on any atom is -0.315 e. The third kappa shape index (κ3) is 3.89. The van der Waals surface area contributed by atoms with Crippen molar-refractivity contribution in [3.63, 3.8) is 0 Å². The van der Waals surface area contributed by atoms with Crippen molar-refractivity contribution in [1.29, 1.82) is 0 Å². The third-order valence-electron chi connectivity index (χ3n) is 2.54. The largest absolute Gasteiger partial charge is 0.315 e. The number of aromatic nitrogens is 2. The van der Waals surface area contributed by atoms with Gasteiger partial charge in [0.2, 0.25) is 10.0 Å². The van der Waals surface area contributed by atoms with Gasteiger partial charge in [-0.25, -0.2) is 13.1 Å². The van der Waals surface area contributed by atoms with Gasteiger partial charge in [0.1, 0.15) is 4.90 Å². The molecule has 0 saturated carbocycles. The second-order valence-electron chi connectivity index (χ2n) is 4.05. The van der Waals surface area contributed by atoms with Crippen LogP contribution in [0.3, 0.4) is 0 Å². The Morgan fingerprint density at radius 2 is 2.30 bits per heavy atom. The first-order valence-electron chi connectivity index (χ1n) is 5.93. The molecule has 0 unspecified atom stereocenters. The van der Waals surface area contributed by atoms with Crippen molar-refractivity contribution in [2.24, 2.45) is 0 Å². The topological polar surface area (TPSA) is 76.0 Å². The van der Waals surface area contributed by atoms with Crippen molar-refractivity contribution < 1.29 is 8.42 Å². The van der Waals surface area contributed by atoms with Gasteiger partial charge in [-0.05, 0) is 35.1 Å². The lowest BCUT2D eigenvalue weighted by molar-refractivity contribution is 0.561. The minimum atomic E-state index is -3.50. The number of hydrogen-bond donors (Lipinski definition) is 2. The van der Waals surface area contributed by atoms with Crippen molar-refractivity contribution >= 4 is 37.3 Å². The summed E-state index contributed by atoms with van der Waals surface area (Å²) < 4.78 is 29.3. The highest BCUT2D eigenvalue weighted by atomic mass is 79.9. The van der Waals surface area contributed by atoms with E-state index in [2.05, 4.69) is 31.1 Å². The van der Waals surface area contributed by atoms with Gasteiger partial charge in [-0.1, -0.05) is 0 Å². The Hall–Kier alpha value is -0.740. The highest BCUT2D eigenvalue weighted by molar-refractivity contribution is 9.11. The monoisotopic (exact) mass is 378 g/mol. The highest BCUT2D eigenvalue weighted by Gasteiger charge is 2.20. The van der Waals surface area contributed by atoms with Crippen LogP contribution >= 0.6 is 27.3 Å². The summed E-state index contributed by atoms with van der Waals surface area (Å²) in [4.78, 5) is 1.25. The molecule has 0 fully saturated rings. The highest BCUT2D eigenvalue weighted by Crippen LogP contribution is 2.31. The lowest BCUT2D eigenvalue weighted by Gasteiger charge is -2.05. The van der Waals surface area contributed by atoms with Crippen molar-refractivity contribution in [3.8, 4) is 0 Å². The number of thiophene rings is 1. The molecule has 0 amide bonds. The van der Waals surface area contributed by atoms with E-state index in [1.165, 1.54) is 11.3 Å². The van der Waals surface area contributed by atoms with E-state index in [1.54, 1.807) is 29.2 Å². The van der Waals surface area contributed by atoms with E-state index in [0.717, 1.165) is 4.88 Å². The Bertz CT molecular complexity index is 652. The first kappa shape index (κ1) is 15.6. The quantitative estimate of drug-likeness (QED) is 0.763. The Morgan fingerprint density at radius 1 is 1.50 bits per heavy atom. The van der Waals surface area contributed by atoms with Gasteiger partial charge in [0.25, 0.3) is 0 Å². The summed E-state index contributed by atoms with van der Waals surface area (Å²) >= 11 is 4.72. The van der Waals surface area contributed by atoms with E-state index in [9.17, 15) is 8.42 Å². The van der Waals surface area contributed by atoms with Crippen molar-refractivity contribution in [2.75, 3.05) is 13.6 Å². The van der Waals surface area contributed by atoms with Crippen LogP contribution in [-0.4, -0.2) is 31.8 Å². The zero-order chi connectivity index (χ0) is 14.6. The van der Waals surface area contributed by atoms with Crippen LogP contribution in [0.5, 0.6) is 0 Å². The van der Waals surface area contributed by atoms with Crippen LogP contribution < -0.4 is 10.0 Å². The fraction of sp³-hybridized carbons (Fsp3) is 0.364. The maximum absolute atomic E-state index is 12.2. The summed E-state index contributed by atoms with van der Waals surface area (Å²) in [6, 6.07) is 3.48. The lowest BCUT2D eigenvalue weighted by Crippen LogP contribution is -2.27. The molecule has 20 heavy (non-hydrogen) atoms. The first-order valence-corrected chi connectivity index (χ1v) is 9.02. The Balaban J connectivity index is 2.02. The molecule has 2 heterocycles. The average Bonchev–Trinajstić information content (AvgIpc) is 2.99. The molecule has 2 rings (SSSR count). The molecule has 9 heteroatoms. The molecule has 0 spiro atoms. The molecule has 2 N–H and O–H groups in total. The number of rotatable bonds is 7. The molecule has 0 aliphatic heterocycles. The van der Waals surface area contributed by atoms with Gasteiger partial charge in [0, 0.05) is 30.4 Å². The predicted octanol–water partition coefficient (Wildman–Crippen LogP) is 1.41. The van der Waals surface area contributed by atoms with Gasteiger partial charge in [-0.2, -0.15) is 5.10 Å². The van der Waals surface area contributed by atoms with E-state index in [-0.39, 0.29) is 4.90 Å². The molecule has 0 saturated heterocycles. The third-order valence-corrected chi connectivity index (χ3v) is 6.25. The summed E-state index contributed by atoms with van der Waals surface area (Å²) in [5.41, 5.74) is 0. The fourth-order valence-corrected chi connectivity index (χ4v) is 5.36. The predicted molar refractivity (Wildman–Crippen MR) is 82.2 cm³/mol. The molecule has 0 bridgehead atoms. The molecule has 0 aromatic carbocycles. The van der Waals surface area contributed by atoms with Crippen LogP contribution in [-0.2, 0) is 23.1 Å². The molecule has 2 aromatic heterocycles. The zero-order valence-corrected chi connectivity index (χ0v) is 14.1. The van der Waals surface area contributed by atoms with Gasteiger partial charge in [-0.15, -0.1) is 11.3 Å². The van der Waals surface area contributed by atoms with Crippen LogP contribution in [0.4, 0.5) is 0 Å². The lowest BCUT2D eigenvalue weighted by atomic mass is 10.5. The molecule has 0 radical (unpaired) electrons. The van der Waals surface area contributed by atoms with E-state index in [1.807, 2.05) is 7.05 Å². The van der Waals surface area contributed by atoms with Gasteiger partial charge in [-0.3, -0.25) is 4.68 Å². The summed E-state index contributed by atoms with van der Waals surface area (Å²) in [6.07, 6.45) is 3.45. The molecule has 0 atom stereocenters. The van der Waals surface area contributed by atoms with Gasteiger partial charge in [0.05, 0.1) is 10.3 Å². The van der Waals surface area contributed by atoms with E-state index >= 15 is 0 Å². The van der Waals surface area contributed by atoms with Crippen LogP contribution in [0.15, 0.2) is 33.2 Å². The van der Waals surface area contributed by atoms with Gasteiger partial charge < -0.3 is 5.32 Å². The van der Waals surface area contributed by atoms with Crippen LogP contribution in [0, 0.1) is 0 Å². The van der Waals surface area contributed by atoms with E-state index < -0.39 is 10.0 Å². The molecule has 6 nitrogen and oxygen atoms in total. The SMILES string of the molecule is CNCc1cc(S(=O)(=O)NCCn2cccn2)c(Br)s1. The number of sulfonamides is 1. The summed E-state index contributed by atoms with van der Waals surface area (Å²) in [7, 11) is -1.67. The first-order chi connectivity index (χ1) is 9.53. The fourth-order valence-electron chi connectivity index (χ4n) is 1.65. The van der Waals surface area contributed by atoms with Crippen LogP contribution in [0.25, 0.3) is 0 Å². The van der Waals surface area contributed by atoms with Crippen molar-refractivity contribution in [1.82, 2.24) is 19.8 Å². The second-order valence-corrected chi connectivity index (χ2v) is 8.24. The van der Waals surface area contributed by atoms with E-state index in [4.69, 9.17) is 0 Å². The molecule has 2 aromatic rings. The van der Waals surface area contributed by atoms with Gasteiger partial charge >= 0.3 is 0 Å². The Morgan fingerprint density at radius 3 is 2.95 bits per heavy atom. The summed E-state index contributed by atoms with van der Waals surface area (Å²) in [5.74, 6) is 0. The van der Waals surface area contributed by atoms with Crippen molar-refractivity contribution in [2.45, 2.75) is 18.0 Å². The molecular formula is C11H15BrN4O2S2.